The molecule has 0 fully saturated rings. The average Bonchev–Trinajstić information content (AvgIpc) is 1.89. The SMILES string of the molecule is NNC=COC=CNN. The summed E-state index contributed by atoms with van der Waals surface area (Å²) in [5.74, 6) is 9.72. The molecule has 0 amide bonds. The molecule has 0 aliphatic carbocycles. The van der Waals surface area contributed by atoms with Gasteiger partial charge in [-0.3, -0.25) is 11.7 Å². The molecule has 0 bridgehead atoms. The monoisotopic (exact) mass is 130 g/mol. The summed E-state index contributed by atoms with van der Waals surface area (Å²) in [5.41, 5.74) is 4.51. The molecule has 0 aliphatic rings. The maximum atomic E-state index is 4.86. The van der Waals surface area contributed by atoms with E-state index in [1.807, 2.05) is 0 Å². The molecule has 0 saturated carbocycles. The van der Waals surface area contributed by atoms with Gasteiger partial charge in [0.05, 0.1) is 0 Å². The van der Waals surface area contributed by atoms with E-state index in [1.54, 1.807) is 0 Å². The molecule has 0 aliphatic heterocycles. The third-order valence-electron chi connectivity index (χ3n) is 0.486. The first-order chi connectivity index (χ1) is 4.41. The van der Waals surface area contributed by atoms with Crippen molar-refractivity contribution in [2.45, 2.75) is 0 Å². The van der Waals surface area contributed by atoms with Gasteiger partial charge in [0.1, 0.15) is 12.5 Å². The predicted octanol–water partition coefficient (Wildman–Crippen LogP) is -1.13. The lowest BCUT2D eigenvalue weighted by Crippen LogP contribution is -2.13. The molecule has 0 rings (SSSR count). The van der Waals surface area contributed by atoms with E-state index in [9.17, 15) is 0 Å². The Bertz CT molecular complexity index is 88.7. The average molecular weight is 130 g/mol. The van der Waals surface area contributed by atoms with Gasteiger partial charge < -0.3 is 15.6 Å². The molecular formula is C4H10N4O. The van der Waals surface area contributed by atoms with Gasteiger partial charge in [0.15, 0.2) is 0 Å². The Labute approximate surface area is 53.3 Å². The highest BCUT2D eigenvalue weighted by Crippen LogP contribution is 1.73. The molecule has 0 radical (unpaired) electrons. The van der Waals surface area contributed by atoms with E-state index in [0.29, 0.717) is 0 Å². The van der Waals surface area contributed by atoms with E-state index in [0.717, 1.165) is 0 Å². The third-order valence-corrected chi connectivity index (χ3v) is 0.486. The molecule has 5 heteroatoms. The van der Waals surface area contributed by atoms with Crippen molar-refractivity contribution in [3.8, 4) is 0 Å². The van der Waals surface area contributed by atoms with Gasteiger partial charge in [-0.15, -0.1) is 0 Å². The Morgan fingerprint density at radius 2 is 1.44 bits per heavy atom. The van der Waals surface area contributed by atoms with Crippen molar-refractivity contribution < 1.29 is 4.74 Å². The lowest BCUT2D eigenvalue weighted by atomic mass is 10.9. The van der Waals surface area contributed by atoms with Crippen LogP contribution in [-0.2, 0) is 4.74 Å². The van der Waals surface area contributed by atoms with Gasteiger partial charge in [-0.1, -0.05) is 0 Å². The highest BCUT2D eigenvalue weighted by Gasteiger charge is 1.63. The van der Waals surface area contributed by atoms with Crippen molar-refractivity contribution in [2.24, 2.45) is 11.7 Å². The number of nitrogens with one attached hydrogen (secondary N) is 2. The molecular weight excluding hydrogens is 120 g/mol. The van der Waals surface area contributed by atoms with Crippen molar-refractivity contribution in [1.29, 1.82) is 0 Å². The first-order valence-corrected chi connectivity index (χ1v) is 2.29. The van der Waals surface area contributed by atoms with E-state index in [2.05, 4.69) is 15.6 Å². The van der Waals surface area contributed by atoms with E-state index in [-0.39, 0.29) is 0 Å². The van der Waals surface area contributed by atoms with Crippen LogP contribution in [0.25, 0.3) is 0 Å². The van der Waals surface area contributed by atoms with Crippen LogP contribution in [0.4, 0.5) is 0 Å². The van der Waals surface area contributed by atoms with E-state index >= 15 is 0 Å². The number of nitrogens with two attached hydrogens (primary N) is 2. The normalized spacial score (nSPS) is 10.4. The zero-order valence-electron chi connectivity index (χ0n) is 4.87. The lowest BCUT2D eigenvalue weighted by molar-refractivity contribution is 0.396. The largest absolute Gasteiger partial charge is 0.470 e. The van der Waals surface area contributed by atoms with Crippen molar-refractivity contribution in [1.82, 2.24) is 10.9 Å². The highest BCUT2D eigenvalue weighted by atomic mass is 16.5. The Morgan fingerprint density at radius 1 is 1.00 bits per heavy atom. The standard InChI is InChI=1S/C4H10N4O/c5-7-1-3-9-4-2-8-6/h1-4,7-8H,5-6H2. The minimum absolute atomic E-state index is 1.37. The lowest BCUT2D eigenvalue weighted by Gasteiger charge is -1.88. The molecule has 0 unspecified atom stereocenters. The number of hydrogen-bond donors (Lipinski definition) is 4. The van der Waals surface area contributed by atoms with Crippen molar-refractivity contribution >= 4 is 0 Å². The van der Waals surface area contributed by atoms with Gasteiger partial charge in [0, 0.05) is 12.4 Å². The van der Waals surface area contributed by atoms with Crippen LogP contribution in [0.1, 0.15) is 0 Å². The fourth-order valence-electron chi connectivity index (χ4n) is 0.202. The summed E-state index contributed by atoms with van der Waals surface area (Å²) in [4.78, 5) is 0. The van der Waals surface area contributed by atoms with Crippen LogP contribution in [0, 0.1) is 0 Å². The Balaban J connectivity index is 3.08. The molecule has 0 spiro atoms. The molecule has 52 valence electrons. The van der Waals surface area contributed by atoms with E-state index in [1.165, 1.54) is 24.9 Å². The zero-order chi connectivity index (χ0) is 6.95. The maximum absolute atomic E-state index is 4.86. The molecule has 0 heterocycles. The topological polar surface area (TPSA) is 85.3 Å². The molecule has 0 saturated heterocycles. The maximum Gasteiger partial charge on any atom is 0.107 e. The molecule has 9 heavy (non-hydrogen) atoms. The van der Waals surface area contributed by atoms with Crippen LogP contribution in [0.15, 0.2) is 24.9 Å². The summed E-state index contributed by atoms with van der Waals surface area (Å²) in [6, 6.07) is 0. The number of hydrogen-bond acceptors (Lipinski definition) is 5. The molecule has 0 atom stereocenters. The quantitative estimate of drug-likeness (QED) is 0.220. The summed E-state index contributed by atoms with van der Waals surface area (Å²) in [6.45, 7) is 0. The summed E-state index contributed by atoms with van der Waals surface area (Å²) >= 11 is 0. The summed E-state index contributed by atoms with van der Waals surface area (Å²) in [5, 5.41) is 0. The zero-order valence-corrected chi connectivity index (χ0v) is 4.87. The Morgan fingerprint density at radius 3 is 1.78 bits per heavy atom. The third kappa shape index (κ3) is 6.80. The van der Waals surface area contributed by atoms with Gasteiger partial charge in [-0.05, 0) is 0 Å². The fraction of sp³-hybridized carbons (Fsp3) is 0. The fourth-order valence-corrected chi connectivity index (χ4v) is 0.202. The number of ether oxygens (including phenoxy) is 1. The van der Waals surface area contributed by atoms with Crippen LogP contribution < -0.4 is 22.5 Å². The summed E-state index contributed by atoms with van der Waals surface area (Å²) in [6.07, 6.45) is 5.60. The smallest absolute Gasteiger partial charge is 0.107 e. The second kappa shape index (κ2) is 6.80. The van der Waals surface area contributed by atoms with Crippen molar-refractivity contribution in [2.75, 3.05) is 0 Å². The molecule has 6 N–H and O–H groups in total. The van der Waals surface area contributed by atoms with Crippen molar-refractivity contribution in [3.05, 3.63) is 24.9 Å². The minimum atomic E-state index is 1.37. The first kappa shape index (κ1) is 7.80. The molecule has 0 aromatic rings. The van der Waals surface area contributed by atoms with Crippen molar-refractivity contribution in [3.63, 3.8) is 0 Å². The van der Waals surface area contributed by atoms with Gasteiger partial charge >= 0.3 is 0 Å². The van der Waals surface area contributed by atoms with E-state index < -0.39 is 0 Å². The van der Waals surface area contributed by atoms with Crippen LogP contribution >= 0.6 is 0 Å². The van der Waals surface area contributed by atoms with Crippen LogP contribution in [0.2, 0.25) is 0 Å². The second-order valence-corrected chi connectivity index (χ2v) is 1.07. The first-order valence-electron chi connectivity index (χ1n) is 2.29. The van der Waals surface area contributed by atoms with Crippen LogP contribution in [-0.4, -0.2) is 0 Å². The Hall–Kier alpha value is -1.20. The van der Waals surface area contributed by atoms with Crippen LogP contribution in [0.5, 0.6) is 0 Å². The van der Waals surface area contributed by atoms with E-state index in [4.69, 9.17) is 11.7 Å². The van der Waals surface area contributed by atoms with Gasteiger partial charge in [0.2, 0.25) is 0 Å². The Kier molecular flexibility index (Phi) is 5.89. The second-order valence-electron chi connectivity index (χ2n) is 1.07. The number of rotatable bonds is 4. The molecule has 0 aromatic carbocycles. The molecule has 0 aromatic heterocycles. The summed E-state index contributed by atoms with van der Waals surface area (Å²) < 4.78 is 4.67. The highest BCUT2D eigenvalue weighted by molar-refractivity contribution is 4.73. The van der Waals surface area contributed by atoms with Gasteiger partial charge in [0.25, 0.3) is 0 Å². The van der Waals surface area contributed by atoms with Gasteiger partial charge in [-0.25, -0.2) is 0 Å². The predicted molar refractivity (Wildman–Crippen MR) is 34.0 cm³/mol. The summed E-state index contributed by atoms with van der Waals surface area (Å²) in [7, 11) is 0. The minimum Gasteiger partial charge on any atom is -0.470 e. The number of hydrazine groups is 2. The van der Waals surface area contributed by atoms with Crippen LogP contribution in [0.3, 0.4) is 0 Å². The van der Waals surface area contributed by atoms with Gasteiger partial charge in [-0.2, -0.15) is 0 Å². The molecule has 5 nitrogen and oxygen atoms in total.